The van der Waals surface area contributed by atoms with Gasteiger partial charge in [0.15, 0.2) is 0 Å². The molecule has 8 heteroatoms. The summed E-state index contributed by atoms with van der Waals surface area (Å²) in [6, 6.07) is 3.82. The van der Waals surface area contributed by atoms with Crippen molar-refractivity contribution >= 4 is 23.2 Å². The van der Waals surface area contributed by atoms with Gasteiger partial charge in [-0.1, -0.05) is 11.6 Å². The van der Waals surface area contributed by atoms with E-state index in [1.54, 1.807) is 6.92 Å². The number of halogens is 1. The Hall–Kier alpha value is -1.70. The van der Waals surface area contributed by atoms with Crippen LogP contribution in [0.25, 0.3) is 0 Å². The van der Waals surface area contributed by atoms with Crippen LogP contribution in [0, 0.1) is 10.1 Å². The number of nitro benzene ring substituents is 1. The van der Waals surface area contributed by atoms with E-state index in [2.05, 4.69) is 10.6 Å². The molecule has 0 heterocycles. The first-order valence-electron chi connectivity index (χ1n) is 6.02. The molecule has 3 N–H and O–H groups in total. The summed E-state index contributed by atoms with van der Waals surface area (Å²) < 4.78 is 0. The maximum Gasteiger partial charge on any atom is 0.282 e. The van der Waals surface area contributed by atoms with Gasteiger partial charge in [-0.05, 0) is 19.1 Å². The van der Waals surface area contributed by atoms with Gasteiger partial charge in [-0.15, -0.1) is 0 Å². The average Bonchev–Trinajstić information content (AvgIpc) is 2.37. The van der Waals surface area contributed by atoms with Crippen LogP contribution in [-0.2, 0) is 0 Å². The Labute approximate surface area is 121 Å². The lowest BCUT2D eigenvalue weighted by atomic mass is 10.1. The lowest BCUT2D eigenvalue weighted by Crippen LogP contribution is -2.34. The van der Waals surface area contributed by atoms with Crippen LogP contribution in [0.5, 0.6) is 0 Å². The van der Waals surface area contributed by atoms with Crippen molar-refractivity contribution in [1.82, 2.24) is 10.6 Å². The molecule has 1 unspecified atom stereocenters. The number of benzene rings is 1. The SMILES string of the molecule is CC(O)CNCCNC(=O)c1cc(Cl)ccc1[N+](=O)[O-]. The van der Waals surface area contributed by atoms with Crippen LogP contribution in [-0.4, -0.2) is 41.7 Å². The van der Waals surface area contributed by atoms with Crippen LogP contribution < -0.4 is 10.6 Å². The van der Waals surface area contributed by atoms with Crippen molar-refractivity contribution < 1.29 is 14.8 Å². The number of amides is 1. The molecule has 0 bridgehead atoms. The normalized spacial score (nSPS) is 11.9. The summed E-state index contributed by atoms with van der Waals surface area (Å²) in [4.78, 5) is 22.1. The lowest BCUT2D eigenvalue weighted by Gasteiger charge is -2.08. The van der Waals surface area contributed by atoms with Crippen LogP contribution >= 0.6 is 11.6 Å². The zero-order valence-corrected chi connectivity index (χ0v) is 11.7. The molecule has 110 valence electrons. The van der Waals surface area contributed by atoms with Crippen molar-refractivity contribution in [2.75, 3.05) is 19.6 Å². The molecular formula is C12H16ClN3O4. The molecule has 0 fully saturated rings. The first kappa shape index (κ1) is 16.4. The van der Waals surface area contributed by atoms with Crippen LogP contribution in [0.3, 0.4) is 0 Å². The molecule has 0 aliphatic carbocycles. The molecule has 7 nitrogen and oxygen atoms in total. The molecule has 0 aromatic heterocycles. The van der Waals surface area contributed by atoms with Gasteiger partial charge in [0.2, 0.25) is 0 Å². The molecule has 1 amide bonds. The van der Waals surface area contributed by atoms with Crippen LogP contribution in [0.4, 0.5) is 5.69 Å². The van der Waals surface area contributed by atoms with Gasteiger partial charge < -0.3 is 15.7 Å². The number of carbonyl (C=O) groups excluding carboxylic acids is 1. The van der Waals surface area contributed by atoms with Gasteiger partial charge in [0.05, 0.1) is 11.0 Å². The number of carbonyl (C=O) groups is 1. The number of rotatable bonds is 7. The Kier molecular flexibility index (Phi) is 6.37. The molecule has 0 saturated heterocycles. The highest BCUT2D eigenvalue weighted by Gasteiger charge is 2.19. The quantitative estimate of drug-likeness (QED) is 0.395. The third kappa shape index (κ3) is 5.12. The Morgan fingerprint density at radius 3 is 2.80 bits per heavy atom. The Balaban J connectivity index is 2.59. The average molecular weight is 302 g/mol. The Morgan fingerprint density at radius 2 is 2.20 bits per heavy atom. The molecule has 1 aromatic rings. The molecule has 1 rings (SSSR count). The third-order valence-electron chi connectivity index (χ3n) is 2.43. The first-order chi connectivity index (χ1) is 9.41. The second-order valence-corrected chi connectivity index (χ2v) is 4.66. The zero-order chi connectivity index (χ0) is 15.1. The summed E-state index contributed by atoms with van der Waals surface area (Å²) in [5.41, 5.74) is -0.359. The fraction of sp³-hybridized carbons (Fsp3) is 0.417. The molecule has 1 aromatic carbocycles. The smallest absolute Gasteiger partial charge is 0.282 e. The zero-order valence-electron chi connectivity index (χ0n) is 10.9. The van der Waals surface area contributed by atoms with Gasteiger partial charge in [-0.2, -0.15) is 0 Å². The molecule has 0 aliphatic rings. The van der Waals surface area contributed by atoms with Gasteiger partial charge in [-0.25, -0.2) is 0 Å². The third-order valence-corrected chi connectivity index (χ3v) is 2.66. The van der Waals surface area contributed by atoms with Crippen molar-refractivity contribution in [1.29, 1.82) is 0 Å². The largest absolute Gasteiger partial charge is 0.392 e. The highest BCUT2D eigenvalue weighted by Crippen LogP contribution is 2.22. The summed E-state index contributed by atoms with van der Waals surface area (Å²) in [6.07, 6.45) is -0.472. The minimum absolute atomic E-state index is 0.0713. The minimum atomic E-state index is -0.628. The maximum absolute atomic E-state index is 11.9. The minimum Gasteiger partial charge on any atom is -0.392 e. The summed E-state index contributed by atoms with van der Waals surface area (Å²) in [6.45, 7) is 2.79. The van der Waals surface area contributed by atoms with E-state index in [0.717, 1.165) is 0 Å². The summed E-state index contributed by atoms with van der Waals surface area (Å²) in [7, 11) is 0. The summed E-state index contributed by atoms with van der Waals surface area (Å²) in [5, 5.41) is 25.6. The van der Waals surface area contributed by atoms with Gasteiger partial charge in [0, 0.05) is 30.7 Å². The standard InChI is InChI=1S/C12H16ClN3O4/c1-8(17)7-14-4-5-15-12(18)10-6-9(13)2-3-11(10)16(19)20/h2-3,6,8,14,17H,4-5,7H2,1H3,(H,15,18). The lowest BCUT2D eigenvalue weighted by molar-refractivity contribution is -0.385. The van der Waals surface area contributed by atoms with E-state index in [4.69, 9.17) is 16.7 Å². The highest BCUT2D eigenvalue weighted by molar-refractivity contribution is 6.31. The predicted octanol–water partition coefficient (Wildman–Crippen LogP) is 0.948. The molecule has 0 aliphatic heterocycles. The van der Waals surface area contributed by atoms with Crippen molar-refractivity contribution in [3.63, 3.8) is 0 Å². The van der Waals surface area contributed by atoms with Crippen molar-refractivity contribution in [2.24, 2.45) is 0 Å². The van der Waals surface area contributed by atoms with Crippen molar-refractivity contribution in [3.8, 4) is 0 Å². The number of nitrogens with zero attached hydrogens (tertiary/aromatic N) is 1. The molecular weight excluding hydrogens is 286 g/mol. The highest BCUT2D eigenvalue weighted by atomic mass is 35.5. The van der Waals surface area contributed by atoms with E-state index in [9.17, 15) is 14.9 Å². The second-order valence-electron chi connectivity index (χ2n) is 4.23. The monoisotopic (exact) mass is 301 g/mol. The number of hydrogen-bond acceptors (Lipinski definition) is 5. The number of hydrogen-bond donors (Lipinski definition) is 3. The first-order valence-corrected chi connectivity index (χ1v) is 6.40. The van der Waals surface area contributed by atoms with E-state index in [-0.39, 0.29) is 22.8 Å². The van der Waals surface area contributed by atoms with E-state index in [1.165, 1.54) is 18.2 Å². The molecule has 1 atom stereocenters. The molecule has 0 spiro atoms. The van der Waals surface area contributed by atoms with Gasteiger partial charge in [0.25, 0.3) is 11.6 Å². The van der Waals surface area contributed by atoms with Crippen LogP contribution in [0.1, 0.15) is 17.3 Å². The fourth-order valence-corrected chi connectivity index (χ4v) is 1.69. The van der Waals surface area contributed by atoms with Crippen molar-refractivity contribution in [2.45, 2.75) is 13.0 Å². The van der Waals surface area contributed by atoms with Gasteiger partial charge >= 0.3 is 0 Å². The second kappa shape index (κ2) is 7.78. The predicted molar refractivity (Wildman–Crippen MR) is 75.0 cm³/mol. The summed E-state index contributed by atoms with van der Waals surface area (Å²) >= 11 is 5.74. The van der Waals surface area contributed by atoms with E-state index in [1.807, 2.05) is 0 Å². The molecule has 20 heavy (non-hydrogen) atoms. The van der Waals surface area contributed by atoms with Crippen molar-refractivity contribution in [3.05, 3.63) is 38.9 Å². The number of nitro groups is 1. The molecule has 0 saturated carbocycles. The molecule has 0 radical (unpaired) electrons. The Morgan fingerprint density at radius 1 is 1.50 bits per heavy atom. The van der Waals surface area contributed by atoms with Gasteiger partial charge in [0.1, 0.15) is 5.56 Å². The fourth-order valence-electron chi connectivity index (χ4n) is 1.52. The van der Waals surface area contributed by atoms with Gasteiger partial charge in [-0.3, -0.25) is 14.9 Å². The Bertz CT molecular complexity index is 494. The van der Waals surface area contributed by atoms with Crippen LogP contribution in [0.15, 0.2) is 18.2 Å². The van der Waals surface area contributed by atoms with E-state index >= 15 is 0 Å². The van der Waals surface area contributed by atoms with E-state index in [0.29, 0.717) is 13.1 Å². The number of aliphatic hydroxyl groups excluding tert-OH is 1. The topological polar surface area (TPSA) is 104 Å². The van der Waals surface area contributed by atoms with Crippen LogP contribution in [0.2, 0.25) is 5.02 Å². The maximum atomic E-state index is 11.9. The van der Waals surface area contributed by atoms with E-state index < -0.39 is 16.9 Å². The summed E-state index contributed by atoms with van der Waals surface area (Å²) in [5.74, 6) is -0.557. The number of aliphatic hydroxyl groups is 1. The number of nitrogens with one attached hydrogen (secondary N) is 2.